The summed E-state index contributed by atoms with van der Waals surface area (Å²) in [6, 6.07) is 9.69. The van der Waals surface area contributed by atoms with Crippen molar-refractivity contribution in [1.82, 2.24) is 20.2 Å². The lowest BCUT2D eigenvalue weighted by molar-refractivity contribution is 0.305. The van der Waals surface area contributed by atoms with Crippen LogP contribution in [-0.4, -0.2) is 20.2 Å². The Morgan fingerprint density at radius 2 is 2.00 bits per heavy atom. The lowest BCUT2D eigenvalue weighted by Crippen LogP contribution is -1.94. The van der Waals surface area contributed by atoms with E-state index in [0.717, 1.165) is 27.2 Å². The lowest BCUT2D eigenvalue weighted by Gasteiger charge is -2.02. The second-order valence-electron chi connectivity index (χ2n) is 4.14. The Hall–Kier alpha value is -1.99. The number of nitrogens with zero attached hydrogens (tertiary/aromatic N) is 2. The Kier molecular flexibility index (Phi) is 3.62. The van der Waals surface area contributed by atoms with Crippen LogP contribution in [0.5, 0.6) is 5.75 Å². The fourth-order valence-corrected chi connectivity index (χ4v) is 2.84. The Morgan fingerprint density at radius 1 is 1.20 bits per heavy atom. The summed E-state index contributed by atoms with van der Waals surface area (Å²) in [6.07, 6.45) is 0. The molecule has 0 saturated heterocycles. The number of hydrogen-bond donors (Lipinski definition) is 2. The molecule has 0 unspecified atom stereocenters. The smallest absolute Gasteiger partial charge is 0.213 e. The van der Waals surface area contributed by atoms with Gasteiger partial charge in [0, 0.05) is 0 Å². The van der Waals surface area contributed by atoms with Gasteiger partial charge in [0.1, 0.15) is 17.4 Å². The van der Waals surface area contributed by atoms with E-state index in [2.05, 4.69) is 20.2 Å². The normalized spacial score (nSPS) is 10.7. The van der Waals surface area contributed by atoms with E-state index in [-0.39, 0.29) is 0 Å². The molecule has 0 amide bonds. The molecule has 5 nitrogen and oxygen atoms in total. The van der Waals surface area contributed by atoms with Gasteiger partial charge in [-0.05, 0) is 31.3 Å². The van der Waals surface area contributed by atoms with Crippen molar-refractivity contribution in [2.45, 2.75) is 13.5 Å². The minimum atomic E-state index is 0.440. The first-order valence-electron chi connectivity index (χ1n) is 6.01. The van der Waals surface area contributed by atoms with Crippen LogP contribution in [0.3, 0.4) is 0 Å². The molecule has 1 aromatic carbocycles. The number of hydrogen-bond acceptors (Lipinski definition) is 5. The summed E-state index contributed by atoms with van der Waals surface area (Å²) in [4.78, 5) is 9.68. The van der Waals surface area contributed by atoms with Crippen molar-refractivity contribution < 1.29 is 4.74 Å². The fraction of sp³-hybridized carbons (Fsp3) is 0.154. The number of aryl methyl sites for hydroxylation is 1. The molecular formula is C13H12N4OS2. The van der Waals surface area contributed by atoms with Crippen LogP contribution in [0.1, 0.15) is 10.7 Å². The van der Waals surface area contributed by atoms with Gasteiger partial charge in [-0.3, -0.25) is 10.2 Å². The Bertz CT molecular complexity index is 760. The quantitative estimate of drug-likeness (QED) is 0.724. The van der Waals surface area contributed by atoms with Crippen molar-refractivity contribution in [3.63, 3.8) is 0 Å². The van der Waals surface area contributed by atoms with Gasteiger partial charge in [-0.2, -0.15) is 4.98 Å². The average molecular weight is 304 g/mol. The molecule has 0 saturated carbocycles. The molecule has 0 aliphatic heterocycles. The molecular weight excluding hydrogens is 292 g/mol. The highest BCUT2D eigenvalue weighted by atomic mass is 32.1. The highest BCUT2D eigenvalue weighted by molar-refractivity contribution is 7.71. The molecule has 102 valence electrons. The number of para-hydroxylation sites is 1. The Labute approximate surface area is 124 Å². The number of rotatable bonds is 4. The standard InChI is InChI=1S/C13H12N4OS2/c1-8-11(12-15-13(19)17-16-12)20-10(14-8)7-18-9-5-3-2-4-6-9/h2-6H,7H2,1H3,(H2,15,16,17,19). The summed E-state index contributed by atoms with van der Waals surface area (Å²) in [5, 5.41) is 6.63. The molecule has 2 aromatic heterocycles. The number of aromatic nitrogens is 4. The molecule has 0 atom stereocenters. The van der Waals surface area contributed by atoms with Crippen molar-refractivity contribution in [2.75, 3.05) is 0 Å². The number of aromatic amines is 2. The number of thiazole rings is 1. The zero-order valence-electron chi connectivity index (χ0n) is 10.7. The highest BCUT2D eigenvalue weighted by Crippen LogP contribution is 2.27. The molecule has 0 aliphatic carbocycles. The highest BCUT2D eigenvalue weighted by Gasteiger charge is 2.12. The van der Waals surface area contributed by atoms with Gasteiger partial charge >= 0.3 is 0 Å². The molecule has 0 spiro atoms. The number of nitrogens with one attached hydrogen (secondary N) is 2. The largest absolute Gasteiger partial charge is 0.486 e. The van der Waals surface area contributed by atoms with Gasteiger partial charge in [0.25, 0.3) is 0 Å². The molecule has 0 aliphatic rings. The molecule has 3 rings (SSSR count). The molecule has 0 fully saturated rings. The topological polar surface area (TPSA) is 66.6 Å². The third kappa shape index (κ3) is 2.78. The van der Waals surface area contributed by atoms with Crippen molar-refractivity contribution >= 4 is 23.6 Å². The maximum absolute atomic E-state index is 5.69. The first-order chi connectivity index (χ1) is 9.72. The van der Waals surface area contributed by atoms with Crippen molar-refractivity contribution in [3.8, 4) is 16.5 Å². The van der Waals surface area contributed by atoms with E-state index in [4.69, 9.17) is 17.0 Å². The van der Waals surface area contributed by atoms with Crippen LogP contribution in [0.2, 0.25) is 0 Å². The summed E-state index contributed by atoms with van der Waals surface area (Å²) in [5.74, 6) is 1.55. The van der Waals surface area contributed by atoms with E-state index in [0.29, 0.717) is 11.4 Å². The Balaban J connectivity index is 1.77. The number of H-pyrrole nitrogens is 2. The van der Waals surface area contributed by atoms with Gasteiger partial charge in [0.05, 0.1) is 10.6 Å². The lowest BCUT2D eigenvalue weighted by atomic mass is 10.3. The Morgan fingerprint density at radius 3 is 2.70 bits per heavy atom. The van der Waals surface area contributed by atoms with Crippen LogP contribution in [0.25, 0.3) is 10.7 Å². The summed E-state index contributed by atoms with van der Waals surface area (Å²) in [6.45, 7) is 2.39. The van der Waals surface area contributed by atoms with Crippen LogP contribution >= 0.6 is 23.6 Å². The molecule has 2 N–H and O–H groups in total. The van der Waals surface area contributed by atoms with Gasteiger partial charge in [0.2, 0.25) is 4.77 Å². The van der Waals surface area contributed by atoms with Crippen molar-refractivity contribution in [2.24, 2.45) is 0 Å². The minimum Gasteiger partial charge on any atom is -0.486 e. The fourth-order valence-electron chi connectivity index (χ4n) is 1.77. The predicted octanol–water partition coefficient (Wildman–Crippen LogP) is 3.48. The summed E-state index contributed by atoms with van der Waals surface area (Å²) in [7, 11) is 0. The van der Waals surface area contributed by atoms with Crippen molar-refractivity contribution in [3.05, 3.63) is 45.8 Å². The molecule has 0 radical (unpaired) electrons. The van der Waals surface area contributed by atoms with Gasteiger partial charge in [-0.25, -0.2) is 4.98 Å². The maximum Gasteiger partial charge on any atom is 0.213 e. The van der Waals surface area contributed by atoms with E-state index >= 15 is 0 Å². The van der Waals surface area contributed by atoms with E-state index in [1.165, 1.54) is 0 Å². The molecule has 20 heavy (non-hydrogen) atoms. The van der Waals surface area contributed by atoms with Gasteiger partial charge < -0.3 is 4.74 Å². The molecule has 0 bridgehead atoms. The number of ether oxygens (including phenoxy) is 1. The first kappa shape index (κ1) is 13.0. The van der Waals surface area contributed by atoms with Gasteiger partial charge in [-0.15, -0.1) is 11.3 Å². The van der Waals surface area contributed by atoms with Gasteiger partial charge in [-0.1, -0.05) is 18.2 Å². The van der Waals surface area contributed by atoms with E-state index in [1.807, 2.05) is 37.3 Å². The first-order valence-corrected chi connectivity index (χ1v) is 7.24. The van der Waals surface area contributed by atoms with E-state index < -0.39 is 0 Å². The molecule has 7 heteroatoms. The van der Waals surface area contributed by atoms with Gasteiger partial charge in [0.15, 0.2) is 5.82 Å². The summed E-state index contributed by atoms with van der Waals surface area (Å²) < 4.78 is 6.13. The zero-order chi connectivity index (χ0) is 13.9. The third-order valence-corrected chi connectivity index (χ3v) is 3.99. The summed E-state index contributed by atoms with van der Waals surface area (Å²) >= 11 is 6.51. The molecule has 2 heterocycles. The van der Waals surface area contributed by atoms with E-state index in [1.54, 1.807) is 11.3 Å². The SMILES string of the molecule is Cc1nc(COc2ccccc2)sc1-c1nc(=S)[nH][nH]1. The van der Waals surface area contributed by atoms with Crippen LogP contribution < -0.4 is 4.74 Å². The van der Waals surface area contributed by atoms with E-state index in [9.17, 15) is 0 Å². The average Bonchev–Trinajstić information content (AvgIpc) is 3.04. The third-order valence-electron chi connectivity index (χ3n) is 2.66. The van der Waals surface area contributed by atoms with Crippen LogP contribution in [0.4, 0.5) is 0 Å². The van der Waals surface area contributed by atoms with Crippen molar-refractivity contribution in [1.29, 1.82) is 0 Å². The second kappa shape index (κ2) is 5.56. The summed E-state index contributed by atoms with van der Waals surface area (Å²) in [5.41, 5.74) is 0.916. The maximum atomic E-state index is 5.69. The monoisotopic (exact) mass is 304 g/mol. The van der Waals surface area contributed by atoms with Crippen LogP contribution in [0.15, 0.2) is 30.3 Å². The second-order valence-corrected chi connectivity index (χ2v) is 5.61. The predicted molar refractivity (Wildman–Crippen MR) is 80.4 cm³/mol. The molecule has 3 aromatic rings. The minimum absolute atomic E-state index is 0.440. The zero-order valence-corrected chi connectivity index (χ0v) is 12.3. The van der Waals surface area contributed by atoms with Crippen LogP contribution in [-0.2, 0) is 6.61 Å². The van der Waals surface area contributed by atoms with Crippen LogP contribution in [0, 0.1) is 11.7 Å². The number of benzene rings is 1.